The molecule has 2 aromatic rings. The van der Waals surface area contributed by atoms with Gasteiger partial charge in [0.05, 0.1) is 0 Å². The normalized spacial score (nSPS) is 16.9. The number of benzene rings is 1. The van der Waals surface area contributed by atoms with Crippen molar-refractivity contribution in [1.29, 1.82) is 0 Å². The summed E-state index contributed by atoms with van der Waals surface area (Å²) in [5.74, 6) is 1.85. The molecule has 0 saturated carbocycles. The Labute approximate surface area is 156 Å². The van der Waals surface area contributed by atoms with Gasteiger partial charge < -0.3 is 0 Å². The molecule has 2 heterocycles. The number of nitrogens with two attached hydrogens (primary N) is 1. The molecule has 1 fully saturated rings. The first-order valence-corrected chi connectivity index (χ1v) is 10.5. The topological polar surface area (TPSA) is 71.2 Å². The van der Waals surface area contributed by atoms with E-state index in [0.717, 1.165) is 38.0 Å². The third kappa shape index (κ3) is 4.48. The van der Waals surface area contributed by atoms with E-state index in [1.165, 1.54) is 15.6 Å². The number of likely N-dealkylation sites (N-methyl/N-ethyl adjacent to an activating group) is 1. The van der Waals surface area contributed by atoms with Crippen molar-refractivity contribution in [3.05, 3.63) is 35.2 Å². The Kier molecular flexibility index (Phi) is 5.57. The number of rotatable bonds is 4. The van der Waals surface area contributed by atoms with Crippen molar-refractivity contribution in [2.24, 2.45) is 0 Å². The van der Waals surface area contributed by atoms with Gasteiger partial charge in [0.15, 0.2) is 0 Å². The van der Waals surface area contributed by atoms with Gasteiger partial charge in [0.25, 0.3) is 0 Å². The average Bonchev–Trinajstić information content (AvgIpc) is 2.58. The third-order valence-electron chi connectivity index (χ3n) is 4.46. The maximum absolute atomic E-state index is 5.99. The van der Waals surface area contributed by atoms with Crippen molar-refractivity contribution in [1.82, 2.24) is 19.9 Å². The van der Waals surface area contributed by atoms with Crippen LogP contribution in [-0.4, -0.2) is 68.0 Å². The molecule has 0 aliphatic carbocycles. The molecular formula is C18H26N6Se. The summed E-state index contributed by atoms with van der Waals surface area (Å²) >= 11 is 0.253. The van der Waals surface area contributed by atoms with E-state index in [-0.39, 0.29) is 19.8 Å². The zero-order valence-electron chi connectivity index (χ0n) is 15.4. The van der Waals surface area contributed by atoms with E-state index >= 15 is 0 Å². The molecule has 0 spiro atoms. The molecule has 1 aliphatic rings. The van der Waals surface area contributed by atoms with E-state index in [0.29, 0.717) is 5.95 Å². The standard InChI is InChI=1S/C18H26N6Se/c1-12-5-6-13(2)15(11-12)25-14(3)16-20-17(19)22-18(21-16)24-9-7-23(4)8-10-24/h5-6,11,14H,7-10H2,1-4H3,(H2,19,20,21,22). The Hall–Kier alpha value is -1.69. The summed E-state index contributed by atoms with van der Waals surface area (Å²) in [6.45, 7) is 10.4. The van der Waals surface area contributed by atoms with Crippen molar-refractivity contribution in [2.75, 3.05) is 43.9 Å². The number of hydrogen-bond donors (Lipinski definition) is 1. The molecule has 7 heteroatoms. The molecule has 1 atom stereocenters. The number of aromatic nitrogens is 3. The number of nitrogen functional groups attached to an aromatic ring is 1. The van der Waals surface area contributed by atoms with Crippen LogP contribution in [0, 0.1) is 13.8 Å². The summed E-state index contributed by atoms with van der Waals surface area (Å²) in [5.41, 5.74) is 8.61. The molecule has 6 nitrogen and oxygen atoms in total. The van der Waals surface area contributed by atoms with E-state index in [4.69, 9.17) is 10.7 Å². The van der Waals surface area contributed by atoms with Gasteiger partial charge in [-0.05, 0) is 0 Å². The summed E-state index contributed by atoms with van der Waals surface area (Å²) < 4.78 is 1.40. The summed E-state index contributed by atoms with van der Waals surface area (Å²) in [4.78, 5) is 18.3. The number of anilines is 2. The van der Waals surface area contributed by atoms with Crippen molar-refractivity contribution in [3.63, 3.8) is 0 Å². The van der Waals surface area contributed by atoms with Crippen molar-refractivity contribution >= 4 is 31.3 Å². The van der Waals surface area contributed by atoms with Crippen LogP contribution in [-0.2, 0) is 0 Å². The number of piperazine rings is 1. The quantitative estimate of drug-likeness (QED) is 0.763. The average molecular weight is 405 g/mol. The summed E-state index contributed by atoms with van der Waals surface area (Å²) in [6.07, 6.45) is 0. The molecule has 134 valence electrons. The maximum atomic E-state index is 5.99. The molecule has 25 heavy (non-hydrogen) atoms. The van der Waals surface area contributed by atoms with Gasteiger partial charge in [-0.2, -0.15) is 0 Å². The first kappa shape index (κ1) is 18.1. The zero-order chi connectivity index (χ0) is 18.0. The van der Waals surface area contributed by atoms with Crippen molar-refractivity contribution in [2.45, 2.75) is 25.6 Å². The SMILES string of the molecule is Cc1ccc(C)c([Se]C(C)c2nc(N)nc(N3CCN(C)CC3)n2)c1. The fraction of sp³-hybridized carbons (Fsp3) is 0.500. The second-order valence-electron chi connectivity index (χ2n) is 6.67. The number of aryl methyl sites for hydroxylation is 2. The van der Waals surface area contributed by atoms with Crippen LogP contribution in [0.15, 0.2) is 18.2 Å². The molecule has 1 saturated heterocycles. The van der Waals surface area contributed by atoms with Gasteiger partial charge in [-0.1, -0.05) is 0 Å². The van der Waals surface area contributed by atoms with Crippen LogP contribution in [0.2, 0.25) is 0 Å². The fourth-order valence-corrected chi connectivity index (χ4v) is 5.11. The third-order valence-corrected chi connectivity index (χ3v) is 7.09. The molecule has 1 aromatic carbocycles. The van der Waals surface area contributed by atoms with E-state index < -0.39 is 0 Å². The predicted octanol–water partition coefficient (Wildman–Crippen LogP) is 0.913. The Morgan fingerprint density at radius 2 is 1.80 bits per heavy atom. The van der Waals surface area contributed by atoms with Gasteiger partial charge in [0.1, 0.15) is 0 Å². The van der Waals surface area contributed by atoms with Crippen LogP contribution >= 0.6 is 0 Å². The van der Waals surface area contributed by atoms with Crippen molar-refractivity contribution in [3.8, 4) is 0 Å². The van der Waals surface area contributed by atoms with Gasteiger partial charge in [0.2, 0.25) is 0 Å². The second kappa shape index (κ2) is 7.68. The zero-order valence-corrected chi connectivity index (χ0v) is 17.1. The van der Waals surface area contributed by atoms with E-state index in [1.807, 2.05) is 0 Å². The Bertz CT molecular complexity index is 742. The summed E-state index contributed by atoms with van der Waals surface area (Å²) in [7, 11) is 2.14. The molecular weight excluding hydrogens is 379 g/mol. The van der Waals surface area contributed by atoms with Crippen LogP contribution in [0.5, 0.6) is 0 Å². The molecule has 0 bridgehead atoms. The van der Waals surface area contributed by atoms with Crippen LogP contribution < -0.4 is 15.1 Å². The summed E-state index contributed by atoms with van der Waals surface area (Å²) in [5, 5.41) is 0. The fourth-order valence-electron chi connectivity index (χ4n) is 2.80. The molecule has 1 unspecified atom stereocenters. The van der Waals surface area contributed by atoms with Crippen LogP contribution in [0.25, 0.3) is 0 Å². The second-order valence-corrected chi connectivity index (χ2v) is 9.57. The monoisotopic (exact) mass is 406 g/mol. The molecule has 1 aromatic heterocycles. The van der Waals surface area contributed by atoms with Crippen LogP contribution in [0.1, 0.15) is 28.7 Å². The molecule has 1 aliphatic heterocycles. The van der Waals surface area contributed by atoms with Crippen LogP contribution in [0.4, 0.5) is 11.9 Å². The minimum absolute atomic E-state index is 0.253. The van der Waals surface area contributed by atoms with Crippen molar-refractivity contribution < 1.29 is 0 Å². The van der Waals surface area contributed by atoms with E-state index in [1.54, 1.807) is 0 Å². The predicted molar refractivity (Wildman–Crippen MR) is 104 cm³/mol. The minimum atomic E-state index is 0.253. The molecule has 0 radical (unpaired) electrons. The molecule has 2 N–H and O–H groups in total. The van der Waals surface area contributed by atoms with Gasteiger partial charge >= 0.3 is 156 Å². The Morgan fingerprint density at radius 1 is 1.08 bits per heavy atom. The Balaban J connectivity index is 1.80. The number of nitrogens with zero attached hydrogens (tertiary/aromatic N) is 5. The molecule has 3 rings (SSSR count). The van der Waals surface area contributed by atoms with E-state index in [9.17, 15) is 0 Å². The van der Waals surface area contributed by atoms with Gasteiger partial charge in [-0.3, -0.25) is 0 Å². The number of hydrogen-bond acceptors (Lipinski definition) is 6. The first-order chi connectivity index (χ1) is 11.9. The van der Waals surface area contributed by atoms with E-state index in [2.05, 4.69) is 65.8 Å². The van der Waals surface area contributed by atoms with Gasteiger partial charge in [0, 0.05) is 0 Å². The van der Waals surface area contributed by atoms with Gasteiger partial charge in [-0.15, -0.1) is 0 Å². The van der Waals surface area contributed by atoms with Crippen LogP contribution in [0.3, 0.4) is 0 Å². The van der Waals surface area contributed by atoms with Gasteiger partial charge in [-0.25, -0.2) is 0 Å². The summed E-state index contributed by atoms with van der Waals surface area (Å²) in [6, 6.07) is 6.63. The molecule has 0 amide bonds. The first-order valence-electron chi connectivity index (χ1n) is 8.61. The Morgan fingerprint density at radius 3 is 2.52 bits per heavy atom.